The van der Waals surface area contributed by atoms with Crippen LogP contribution in [0.25, 0.3) is 0 Å². The van der Waals surface area contributed by atoms with Crippen LogP contribution < -0.4 is 5.32 Å². The molecule has 1 aliphatic heterocycles. The zero-order valence-electron chi connectivity index (χ0n) is 11.9. The van der Waals surface area contributed by atoms with E-state index >= 15 is 0 Å². The summed E-state index contributed by atoms with van der Waals surface area (Å²) in [4.78, 5) is 14.1. The Morgan fingerprint density at radius 3 is 2.60 bits per heavy atom. The van der Waals surface area contributed by atoms with Crippen molar-refractivity contribution >= 4 is 5.91 Å². The van der Waals surface area contributed by atoms with E-state index < -0.39 is 23.1 Å². The summed E-state index contributed by atoms with van der Waals surface area (Å²) >= 11 is 0. The van der Waals surface area contributed by atoms with Crippen LogP contribution in [0.1, 0.15) is 35.7 Å². The van der Waals surface area contributed by atoms with Gasteiger partial charge in [0.25, 0.3) is 5.91 Å². The van der Waals surface area contributed by atoms with Crippen molar-refractivity contribution in [3.05, 3.63) is 34.9 Å². The molecule has 0 saturated carbocycles. The highest BCUT2D eigenvalue weighted by Gasteiger charge is 2.29. The maximum absolute atomic E-state index is 14.1. The number of hydrogen-bond acceptors (Lipinski definition) is 2. The molecule has 2 rings (SSSR count). The minimum Gasteiger partial charge on any atom is -0.336 e. The Kier molecular flexibility index (Phi) is 4.70. The van der Waals surface area contributed by atoms with Gasteiger partial charge in [-0.05, 0) is 51.4 Å². The third-order valence-electron chi connectivity index (χ3n) is 3.85. The second-order valence-electron chi connectivity index (χ2n) is 5.13. The van der Waals surface area contributed by atoms with E-state index in [0.717, 1.165) is 32.0 Å². The maximum atomic E-state index is 14.1. The fourth-order valence-corrected chi connectivity index (χ4v) is 2.68. The molecule has 1 aromatic rings. The van der Waals surface area contributed by atoms with Crippen LogP contribution in [-0.4, -0.2) is 36.5 Å². The number of nitrogens with zero attached hydrogens (tertiary/aromatic N) is 1. The standard InChI is InChI=1S/C15H20F2N2O/c1-3-19(11-6-8-18-9-7-11)15(20)13-12(16)5-4-10(2)14(13)17/h4-5,11,18H,3,6-9H2,1-2H3. The van der Waals surface area contributed by atoms with E-state index in [-0.39, 0.29) is 11.6 Å². The summed E-state index contributed by atoms with van der Waals surface area (Å²) in [5.41, 5.74) is -0.138. The van der Waals surface area contributed by atoms with Crippen LogP contribution in [0.4, 0.5) is 8.78 Å². The van der Waals surface area contributed by atoms with E-state index in [4.69, 9.17) is 0 Å². The Morgan fingerprint density at radius 1 is 1.35 bits per heavy atom. The van der Waals surface area contributed by atoms with Gasteiger partial charge in [-0.2, -0.15) is 0 Å². The molecule has 0 unspecified atom stereocenters. The molecule has 0 spiro atoms. The van der Waals surface area contributed by atoms with Gasteiger partial charge < -0.3 is 10.2 Å². The van der Waals surface area contributed by atoms with Gasteiger partial charge in [0.1, 0.15) is 17.2 Å². The van der Waals surface area contributed by atoms with Gasteiger partial charge in [0.05, 0.1) is 0 Å². The molecule has 110 valence electrons. The number of amides is 1. The molecule has 1 fully saturated rings. The SMILES string of the molecule is CCN(C(=O)c1c(F)ccc(C)c1F)C1CCNCC1. The van der Waals surface area contributed by atoms with Crippen LogP contribution in [0.15, 0.2) is 12.1 Å². The minimum atomic E-state index is -0.787. The summed E-state index contributed by atoms with van der Waals surface area (Å²) in [6.45, 7) is 5.48. The van der Waals surface area contributed by atoms with Gasteiger partial charge >= 0.3 is 0 Å². The fraction of sp³-hybridized carbons (Fsp3) is 0.533. The average molecular weight is 282 g/mol. The average Bonchev–Trinajstić information content (AvgIpc) is 2.45. The Morgan fingerprint density at radius 2 is 2.00 bits per heavy atom. The van der Waals surface area contributed by atoms with Crippen LogP contribution in [0.3, 0.4) is 0 Å². The van der Waals surface area contributed by atoms with Crippen molar-refractivity contribution in [2.24, 2.45) is 0 Å². The molecule has 0 atom stereocenters. The number of halogens is 2. The number of rotatable bonds is 3. The summed E-state index contributed by atoms with van der Waals surface area (Å²) in [5, 5.41) is 3.22. The number of benzene rings is 1. The highest BCUT2D eigenvalue weighted by Crippen LogP contribution is 2.21. The summed E-state index contributed by atoms with van der Waals surface area (Å²) in [5.74, 6) is -2.08. The van der Waals surface area contributed by atoms with E-state index in [0.29, 0.717) is 6.54 Å². The van der Waals surface area contributed by atoms with Crippen LogP contribution in [0.2, 0.25) is 0 Å². The number of hydrogen-bond donors (Lipinski definition) is 1. The predicted molar refractivity (Wildman–Crippen MR) is 73.7 cm³/mol. The van der Waals surface area contributed by atoms with Crippen molar-refractivity contribution in [2.75, 3.05) is 19.6 Å². The van der Waals surface area contributed by atoms with Crippen molar-refractivity contribution in [1.29, 1.82) is 0 Å². The first kappa shape index (κ1) is 14.9. The van der Waals surface area contributed by atoms with Gasteiger partial charge in [-0.15, -0.1) is 0 Å². The second kappa shape index (κ2) is 6.31. The van der Waals surface area contributed by atoms with E-state index in [9.17, 15) is 13.6 Å². The molecular formula is C15H20F2N2O. The molecular weight excluding hydrogens is 262 g/mol. The highest BCUT2D eigenvalue weighted by molar-refractivity contribution is 5.95. The van der Waals surface area contributed by atoms with E-state index in [1.54, 1.807) is 4.90 Å². The molecule has 1 N–H and O–H groups in total. The number of nitrogens with one attached hydrogen (secondary N) is 1. The second-order valence-corrected chi connectivity index (χ2v) is 5.13. The number of carbonyl (C=O) groups excluding carboxylic acids is 1. The summed E-state index contributed by atoms with van der Waals surface area (Å²) in [6.07, 6.45) is 1.63. The fourth-order valence-electron chi connectivity index (χ4n) is 2.68. The number of piperidine rings is 1. The van der Waals surface area contributed by atoms with Crippen molar-refractivity contribution in [2.45, 2.75) is 32.7 Å². The topological polar surface area (TPSA) is 32.3 Å². The first-order chi connectivity index (χ1) is 9.56. The largest absolute Gasteiger partial charge is 0.336 e. The van der Waals surface area contributed by atoms with E-state index in [1.165, 1.54) is 13.0 Å². The Hall–Kier alpha value is -1.49. The lowest BCUT2D eigenvalue weighted by Crippen LogP contribution is -2.46. The Labute approximate surface area is 118 Å². The van der Waals surface area contributed by atoms with Crippen molar-refractivity contribution in [3.8, 4) is 0 Å². The number of aryl methyl sites for hydroxylation is 1. The molecule has 5 heteroatoms. The van der Waals surface area contributed by atoms with Crippen molar-refractivity contribution < 1.29 is 13.6 Å². The predicted octanol–water partition coefficient (Wildman–Crippen LogP) is 2.49. The van der Waals surface area contributed by atoms with Gasteiger partial charge in [-0.1, -0.05) is 6.07 Å². The van der Waals surface area contributed by atoms with Gasteiger partial charge in [-0.3, -0.25) is 4.79 Å². The lowest BCUT2D eigenvalue weighted by atomic mass is 10.0. The lowest BCUT2D eigenvalue weighted by molar-refractivity contribution is 0.0646. The molecule has 0 radical (unpaired) electrons. The molecule has 0 aromatic heterocycles. The normalized spacial score (nSPS) is 16.2. The first-order valence-electron chi connectivity index (χ1n) is 7.02. The molecule has 1 aliphatic rings. The van der Waals surface area contributed by atoms with Gasteiger partial charge in [0.15, 0.2) is 0 Å². The monoisotopic (exact) mass is 282 g/mol. The van der Waals surface area contributed by atoms with Gasteiger partial charge in [-0.25, -0.2) is 8.78 Å². The third kappa shape index (κ3) is 2.82. The van der Waals surface area contributed by atoms with E-state index in [1.807, 2.05) is 6.92 Å². The van der Waals surface area contributed by atoms with Crippen LogP contribution >= 0.6 is 0 Å². The number of carbonyl (C=O) groups is 1. The summed E-state index contributed by atoms with van der Waals surface area (Å²) in [6, 6.07) is 2.55. The molecule has 0 aliphatic carbocycles. The van der Waals surface area contributed by atoms with Crippen LogP contribution in [0, 0.1) is 18.6 Å². The minimum absolute atomic E-state index is 0.0491. The molecule has 1 amide bonds. The Balaban J connectivity index is 2.31. The zero-order chi connectivity index (χ0) is 14.7. The van der Waals surface area contributed by atoms with Crippen LogP contribution in [-0.2, 0) is 0 Å². The molecule has 0 bridgehead atoms. The summed E-state index contributed by atoms with van der Waals surface area (Å²) < 4.78 is 27.9. The van der Waals surface area contributed by atoms with E-state index in [2.05, 4.69) is 5.32 Å². The Bertz CT molecular complexity index is 499. The summed E-state index contributed by atoms with van der Waals surface area (Å²) in [7, 11) is 0. The van der Waals surface area contributed by atoms with Crippen molar-refractivity contribution in [1.82, 2.24) is 10.2 Å². The lowest BCUT2D eigenvalue weighted by Gasteiger charge is -2.34. The molecule has 20 heavy (non-hydrogen) atoms. The zero-order valence-corrected chi connectivity index (χ0v) is 11.9. The molecule has 1 saturated heterocycles. The quantitative estimate of drug-likeness (QED) is 0.924. The van der Waals surface area contributed by atoms with Gasteiger partial charge in [0, 0.05) is 12.6 Å². The molecule has 1 heterocycles. The molecule has 3 nitrogen and oxygen atoms in total. The van der Waals surface area contributed by atoms with Crippen molar-refractivity contribution in [3.63, 3.8) is 0 Å². The first-order valence-corrected chi connectivity index (χ1v) is 7.02. The molecule has 1 aromatic carbocycles. The third-order valence-corrected chi connectivity index (χ3v) is 3.85. The van der Waals surface area contributed by atoms with Gasteiger partial charge in [0.2, 0.25) is 0 Å². The maximum Gasteiger partial charge on any atom is 0.260 e. The smallest absolute Gasteiger partial charge is 0.260 e. The highest BCUT2D eigenvalue weighted by atomic mass is 19.1. The van der Waals surface area contributed by atoms with Crippen LogP contribution in [0.5, 0.6) is 0 Å².